The van der Waals surface area contributed by atoms with E-state index in [1.165, 1.54) is 6.07 Å². The zero-order valence-corrected chi connectivity index (χ0v) is 15.1. The van der Waals surface area contributed by atoms with Crippen LogP contribution in [-0.2, 0) is 28.8 Å². The third-order valence-corrected chi connectivity index (χ3v) is 4.09. The molecule has 2 aromatic heterocycles. The highest BCUT2D eigenvalue weighted by atomic mass is 19.4. The number of hydrogen-bond donors (Lipinski definition) is 2. The zero-order chi connectivity index (χ0) is 20.3. The van der Waals surface area contributed by atoms with Gasteiger partial charge in [0.2, 0.25) is 0 Å². The second-order valence-corrected chi connectivity index (χ2v) is 6.06. The fourth-order valence-corrected chi connectivity index (χ4v) is 2.87. The fourth-order valence-electron chi connectivity index (χ4n) is 2.87. The average Bonchev–Trinajstić information content (AvgIpc) is 3.05. The van der Waals surface area contributed by atoms with Crippen LogP contribution >= 0.6 is 0 Å². The second kappa shape index (κ2) is 7.89. The first-order valence-corrected chi connectivity index (χ1v) is 8.60. The minimum atomic E-state index is -4.57. The number of carbonyl (C=O) groups excluding carboxylic acids is 1. The molecule has 0 aliphatic heterocycles. The SMILES string of the molecule is CCOC(=O)Cn1ccc2c(Nc3cc(CN)cc(C(F)(F)F)n3)cccc21. The molecule has 0 spiro atoms. The number of fused-ring (bicyclic) bond motifs is 1. The van der Waals surface area contributed by atoms with Gasteiger partial charge in [-0.1, -0.05) is 6.07 Å². The summed E-state index contributed by atoms with van der Waals surface area (Å²) in [6, 6.07) is 9.45. The quantitative estimate of drug-likeness (QED) is 0.623. The number of anilines is 2. The zero-order valence-electron chi connectivity index (χ0n) is 15.1. The first-order valence-electron chi connectivity index (χ1n) is 8.60. The first-order chi connectivity index (χ1) is 13.3. The standard InChI is InChI=1S/C19H19F3N4O2/c1-2-28-18(27)11-26-7-6-13-14(4-3-5-15(13)26)24-17-9-12(10-23)8-16(25-17)19(20,21)22/h3-9H,2,10-11,23H2,1H3,(H,24,25). The molecule has 0 atom stereocenters. The molecular formula is C19H19F3N4O2. The van der Waals surface area contributed by atoms with Gasteiger partial charge in [-0.2, -0.15) is 13.2 Å². The van der Waals surface area contributed by atoms with Gasteiger partial charge in [0.1, 0.15) is 18.1 Å². The number of carbonyl (C=O) groups is 1. The van der Waals surface area contributed by atoms with E-state index in [2.05, 4.69) is 10.3 Å². The minimum Gasteiger partial charge on any atom is -0.465 e. The molecule has 148 valence electrons. The Hall–Kier alpha value is -3.07. The van der Waals surface area contributed by atoms with Gasteiger partial charge in [-0.25, -0.2) is 4.98 Å². The maximum Gasteiger partial charge on any atom is 0.433 e. The van der Waals surface area contributed by atoms with Gasteiger partial charge in [0.25, 0.3) is 0 Å². The topological polar surface area (TPSA) is 82.2 Å². The molecule has 0 radical (unpaired) electrons. The summed E-state index contributed by atoms with van der Waals surface area (Å²) >= 11 is 0. The molecule has 0 amide bonds. The lowest BCUT2D eigenvalue weighted by Crippen LogP contribution is -2.12. The molecule has 6 nitrogen and oxygen atoms in total. The van der Waals surface area contributed by atoms with Crippen LogP contribution in [0.1, 0.15) is 18.2 Å². The molecule has 3 rings (SSSR count). The maximum atomic E-state index is 13.1. The fraction of sp³-hybridized carbons (Fsp3) is 0.263. The molecule has 3 aromatic rings. The van der Waals surface area contributed by atoms with Crippen LogP contribution in [0, 0.1) is 0 Å². The number of esters is 1. The van der Waals surface area contributed by atoms with Crippen LogP contribution in [0.4, 0.5) is 24.7 Å². The third kappa shape index (κ3) is 4.25. The maximum absolute atomic E-state index is 13.1. The van der Waals surface area contributed by atoms with Crippen LogP contribution in [0.15, 0.2) is 42.6 Å². The molecule has 0 aliphatic rings. The van der Waals surface area contributed by atoms with Crippen LogP contribution in [0.25, 0.3) is 10.9 Å². The molecule has 0 bridgehead atoms. The molecule has 0 saturated carbocycles. The largest absolute Gasteiger partial charge is 0.465 e. The van der Waals surface area contributed by atoms with E-state index in [0.717, 1.165) is 17.0 Å². The van der Waals surface area contributed by atoms with Crippen LogP contribution in [0.3, 0.4) is 0 Å². The Balaban J connectivity index is 1.95. The number of benzene rings is 1. The van der Waals surface area contributed by atoms with E-state index in [4.69, 9.17) is 10.5 Å². The summed E-state index contributed by atoms with van der Waals surface area (Å²) in [6.07, 6.45) is -2.85. The van der Waals surface area contributed by atoms with Crippen molar-refractivity contribution >= 4 is 28.4 Å². The van der Waals surface area contributed by atoms with Crippen molar-refractivity contribution in [2.45, 2.75) is 26.2 Å². The summed E-state index contributed by atoms with van der Waals surface area (Å²) in [6.45, 7) is 2.02. The summed E-state index contributed by atoms with van der Waals surface area (Å²) in [5.41, 5.74) is 6.13. The van der Waals surface area contributed by atoms with Crippen molar-refractivity contribution in [3.05, 3.63) is 53.9 Å². The van der Waals surface area contributed by atoms with Gasteiger partial charge in [0.15, 0.2) is 0 Å². The van der Waals surface area contributed by atoms with E-state index in [1.54, 1.807) is 35.9 Å². The summed E-state index contributed by atoms with van der Waals surface area (Å²) in [4.78, 5) is 15.4. The van der Waals surface area contributed by atoms with Crippen LogP contribution in [0.5, 0.6) is 0 Å². The molecule has 9 heteroatoms. The number of pyridine rings is 1. The molecule has 0 fully saturated rings. The van der Waals surface area contributed by atoms with E-state index in [-0.39, 0.29) is 31.5 Å². The smallest absolute Gasteiger partial charge is 0.433 e. The summed E-state index contributed by atoms with van der Waals surface area (Å²) in [5, 5.41) is 3.67. The van der Waals surface area contributed by atoms with Crippen molar-refractivity contribution in [3.63, 3.8) is 0 Å². The van der Waals surface area contributed by atoms with Gasteiger partial charge in [-0.3, -0.25) is 4.79 Å². The number of halogens is 3. The number of ether oxygens (including phenoxy) is 1. The monoisotopic (exact) mass is 392 g/mol. The summed E-state index contributed by atoms with van der Waals surface area (Å²) in [7, 11) is 0. The van der Waals surface area contributed by atoms with Crippen molar-refractivity contribution in [1.82, 2.24) is 9.55 Å². The Morgan fingerprint density at radius 3 is 2.75 bits per heavy atom. The second-order valence-electron chi connectivity index (χ2n) is 6.06. The Morgan fingerprint density at radius 1 is 1.29 bits per heavy atom. The van der Waals surface area contributed by atoms with E-state index in [0.29, 0.717) is 11.3 Å². The van der Waals surface area contributed by atoms with Gasteiger partial charge >= 0.3 is 12.1 Å². The molecule has 3 N–H and O–H groups in total. The van der Waals surface area contributed by atoms with Gasteiger partial charge in [-0.05, 0) is 42.8 Å². The number of aromatic nitrogens is 2. The van der Waals surface area contributed by atoms with Crippen molar-refractivity contribution in [2.24, 2.45) is 5.73 Å². The van der Waals surface area contributed by atoms with Gasteiger partial charge in [-0.15, -0.1) is 0 Å². The molecule has 0 saturated heterocycles. The minimum absolute atomic E-state index is 0.0413. The van der Waals surface area contributed by atoms with Crippen LogP contribution in [-0.4, -0.2) is 22.1 Å². The lowest BCUT2D eigenvalue weighted by Gasteiger charge is -2.13. The third-order valence-electron chi connectivity index (χ3n) is 4.09. The van der Waals surface area contributed by atoms with Gasteiger partial charge in [0.05, 0.1) is 12.1 Å². The summed E-state index contributed by atoms with van der Waals surface area (Å²) < 4.78 is 45.9. The highest BCUT2D eigenvalue weighted by Crippen LogP contribution is 2.31. The Morgan fingerprint density at radius 2 is 2.07 bits per heavy atom. The lowest BCUT2D eigenvalue weighted by molar-refractivity contribution is -0.143. The number of alkyl halides is 3. The lowest BCUT2D eigenvalue weighted by atomic mass is 10.2. The summed E-state index contributed by atoms with van der Waals surface area (Å²) in [5.74, 6) is -0.327. The van der Waals surface area contributed by atoms with E-state index >= 15 is 0 Å². The highest BCUT2D eigenvalue weighted by Gasteiger charge is 2.33. The predicted molar refractivity (Wildman–Crippen MR) is 99.0 cm³/mol. The van der Waals surface area contributed by atoms with E-state index in [1.807, 2.05) is 6.07 Å². The number of nitrogens with zero attached hydrogens (tertiary/aromatic N) is 2. The van der Waals surface area contributed by atoms with Gasteiger partial charge < -0.3 is 20.4 Å². The van der Waals surface area contributed by atoms with E-state index in [9.17, 15) is 18.0 Å². The number of hydrogen-bond acceptors (Lipinski definition) is 5. The number of nitrogens with two attached hydrogens (primary N) is 1. The predicted octanol–water partition coefficient (Wildman–Crippen LogP) is 3.82. The highest BCUT2D eigenvalue weighted by molar-refractivity contribution is 5.94. The van der Waals surface area contributed by atoms with E-state index < -0.39 is 11.9 Å². The molecule has 0 aliphatic carbocycles. The molecule has 0 unspecified atom stereocenters. The van der Waals surface area contributed by atoms with Crippen molar-refractivity contribution < 1.29 is 22.7 Å². The molecular weight excluding hydrogens is 373 g/mol. The molecule has 1 aromatic carbocycles. The van der Waals surface area contributed by atoms with Crippen molar-refractivity contribution in [3.8, 4) is 0 Å². The molecule has 28 heavy (non-hydrogen) atoms. The number of nitrogens with one attached hydrogen (secondary N) is 1. The normalized spacial score (nSPS) is 11.6. The first kappa shape index (κ1) is 19.7. The molecule has 2 heterocycles. The van der Waals surface area contributed by atoms with Crippen LogP contribution < -0.4 is 11.1 Å². The van der Waals surface area contributed by atoms with Crippen molar-refractivity contribution in [1.29, 1.82) is 0 Å². The Labute approximate surface area is 159 Å². The Kier molecular flexibility index (Phi) is 5.55. The van der Waals surface area contributed by atoms with Gasteiger partial charge in [0, 0.05) is 23.8 Å². The number of rotatable bonds is 6. The van der Waals surface area contributed by atoms with Crippen LogP contribution in [0.2, 0.25) is 0 Å². The average molecular weight is 392 g/mol. The Bertz CT molecular complexity index is 998. The van der Waals surface area contributed by atoms with Crippen molar-refractivity contribution in [2.75, 3.05) is 11.9 Å².